The van der Waals surface area contributed by atoms with Gasteiger partial charge in [0.25, 0.3) is 0 Å². The zero-order valence-electron chi connectivity index (χ0n) is 9.85. The summed E-state index contributed by atoms with van der Waals surface area (Å²) in [5, 5.41) is 8.85. The van der Waals surface area contributed by atoms with Crippen molar-refractivity contribution in [2.24, 2.45) is 0 Å². The molecule has 19 heavy (non-hydrogen) atoms. The Balaban J connectivity index is 2.50. The maximum absolute atomic E-state index is 13.6. The second kappa shape index (κ2) is 5.24. The van der Waals surface area contributed by atoms with Crippen molar-refractivity contribution in [3.63, 3.8) is 0 Å². The van der Waals surface area contributed by atoms with E-state index in [9.17, 15) is 9.18 Å². The van der Waals surface area contributed by atoms with Crippen molar-refractivity contribution < 1.29 is 19.0 Å². The summed E-state index contributed by atoms with van der Waals surface area (Å²) in [7, 11) is 1.37. The van der Waals surface area contributed by atoms with Gasteiger partial charge in [0.1, 0.15) is 5.15 Å². The Morgan fingerprint density at radius 2 is 2.11 bits per heavy atom. The molecule has 0 atom stereocenters. The van der Waals surface area contributed by atoms with Gasteiger partial charge in [-0.2, -0.15) is 0 Å². The topological polar surface area (TPSA) is 59.4 Å². The summed E-state index contributed by atoms with van der Waals surface area (Å²) < 4.78 is 18.4. The number of aromatic carboxylic acids is 1. The number of rotatable bonds is 3. The van der Waals surface area contributed by atoms with E-state index < -0.39 is 11.8 Å². The number of hydrogen-bond acceptors (Lipinski definition) is 3. The monoisotopic (exact) mass is 281 g/mol. The van der Waals surface area contributed by atoms with Crippen LogP contribution < -0.4 is 4.74 Å². The van der Waals surface area contributed by atoms with Crippen LogP contribution >= 0.6 is 11.6 Å². The molecule has 0 amide bonds. The quantitative estimate of drug-likeness (QED) is 0.878. The summed E-state index contributed by atoms with van der Waals surface area (Å²) in [5.41, 5.74) is 0.823. The summed E-state index contributed by atoms with van der Waals surface area (Å²) in [6.45, 7) is 0. The average Bonchev–Trinajstić information content (AvgIpc) is 2.38. The van der Waals surface area contributed by atoms with Crippen molar-refractivity contribution in [3.8, 4) is 16.9 Å². The molecule has 0 radical (unpaired) electrons. The summed E-state index contributed by atoms with van der Waals surface area (Å²) in [6.07, 6.45) is 1.38. The van der Waals surface area contributed by atoms with Crippen LogP contribution in [0.1, 0.15) is 10.4 Å². The Kier molecular flexibility index (Phi) is 3.66. The molecular weight excluding hydrogens is 273 g/mol. The molecule has 0 saturated heterocycles. The van der Waals surface area contributed by atoms with Crippen molar-refractivity contribution in [1.29, 1.82) is 0 Å². The number of aromatic nitrogens is 1. The number of ether oxygens (including phenoxy) is 1. The van der Waals surface area contributed by atoms with Gasteiger partial charge in [0, 0.05) is 11.8 Å². The van der Waals surface area contributed by atoms with Crippen LogP contribution in [0.3, 0.4) is 0 Å². The molecule has 0 fully saturated rings. The van der Waals surface area contributed by atoms with Crippen LogP contribution in [-0.2, 0) is 0 Å². The number of methoxy groups -OCH3 is 1. The van der Waals surface area contributed by atoms with Crippen molar-refractivity contribution >= 4 is 17.6 Å². The average molecular weight is 282 g/mol. The smallest absolute Gasteiger partial charge is 0.338 e. The minimum atomic E-state index is -1.19. The second-order valence-corrected chi connectivity index (χ2v) is 4.07. The molecule has 0 aliphatic carbocycles. The van der Waals surface area contributed by atoms with Gasteiger partial charge in [0.05, 0.1) is 12.7 Å². The third kappa shape index (κ3) is 2.66. The Bertz CT molecular complexity index is 646. The fourth-order valence-corrected chi connectivity index (χ4v) is 1.79. The van der Waals surface area contributed by atoms with E-state index in [2.05, 4.69) is 4.98 Å². The maximum Gasteiger partial charge on any atom is 0.338 e. The van der Waals surface area contributed by atoms with E-state index in [1.165, 1.54) is 31.5 Å². The standard InChI is InChI=1S/C13H9ClFNO3/c1-19-11-3-2-7(5-10(11)15)8-4-9(13(17)18)12(14)16-6-8/h2-6H,1H3,(H,17,18). The Labute approximate surface area is 113 Å². The number of hydrogen-bond donors (Lipinski definition) is 1. The zero-order chi connectivity index (χ0) is 14.0. The first-order valence-electron chi connectivity index (χ1n) is 5.25. The highest BCUT2D eigenvalue weighted by Gasteiger charge is 2.12. The number of benzene rings is 1. The molecule has 2 aromatic rings. The van der Waals surface area contributed by atoms with Crippen LogP contribution in [0.15, 0.2) is 30.5 Å². The fraction of sp³-hybridized carbons (Fsp3) is 0.0769. The largest absolute Gasteiger partial charge is 0.494 e. The molecule has 1 N–H and O–H groups in total. The summed E-state index contributed by atoms with van der Waals surface area (Å²) in [6, 6.07) is 5.66. The molecule has 1 aromatic carbocycles. The van der Waals surface area contributed by atoms with E-state index in [0.717, 1.165) is 0 Å². The zero-order valence-corrected chi connectivity index (χ0v) is 10.6. The van der Waals surface area contributed by atoms with Crippen LogP contribution in [0.2, 0.25) is 5.15 Å². The first kappa shape index (κ1) is 13.3. The minimum absolute atomic E-state index is 0.106. The third-order valence-electron chi connectivity index (χ3n) is 2.55. The van der Waals surface area contributed by atoms with Crippen molar-refractivity contribution in [2.75, 3.05) is 7.11 Å². The van der Waals surface area contributed by atoms with Gasteiger partial charge in [-0.05, 0) is 23.8 Å². The van der Waals surface area contributed by atoms with Crippen molar-refractivity contribution in [1.82, 2.24) is 4.98 Å². The van der Waals surface area contributed by atoms with Gasteiger partial charge in [0.2, 0.25) is 0 Å². The summed E-state index contributed by atoms with van der Waals surface area (Å²) >= 11 is 5.67. The molecule has 0 bridgehead atoms. The van der Waals surface area contributed by atoms with Gasteiger partial charge < -0.3 is 9.84 Å². The number of carbonyl (C=O) groups is 1. The SMILES string of the molecule is COc1ccc(-c2cnc(Cl)c(C(=O)O)c2)cc1F. The Morgan fingerprint density at radius 3 is 2.68 bits per heavy atom. The molecule has 0 aliphatic rings. The highest BCUT2D eigenvalue weighted by Crippen LogP contribution is 2.27. The maximum atomic E-state index is 13.6. The number of nitrogens with zero attached hydrogens (tertiary/aromatic N) is 1. The van der Waals surface area contributed by atoms with E-state index in [-0.39, 0.29) is 16.5 Å². The highest BCUT2D eigenvalue weighted by molar-refractivity contribution is 6.32. The van der Waals surface area contributed by atoms with Crippen LogP contribution in [0.5, 0.6) is 5.75 Å². The highest BCUT2D eigenvalue weighted by atomic mass is 35.5. The van der Waals surface area contributed by atoms with Crippen LogP contribution in [0, 0.1) is 5.82 Å². The van der Waals surface area contributed by atoms with Crippen LogP contribution in [0.4, 0.5) is 4.39 Å². The second-order valence-electron chi connectivity index (χ2n) is 3.72. The van der Waals surface area contributed by atoms with Gasteiger partial charge >= 0.3 is 5.97 Å². The van der Waals surface area contributed by atoms with E-state index in [0.29, 0.717) is 11.1 Å². The van der Waals surface area contributed by atoms with E-state index in [1.807, 2.05) is 0 Å². The molecule has 0 aliphatic heterocycles. The van der Waals surface area contributed by atoms with E-state index >= 15 is 0 Å². The Morgan fingerprint density at radius 1 is 1.37 bits per heavy atom. The van der Waals surface area contributed by atoms with Gasteiger partial charge in [-0.1, -0.05) is 17.7 Å². The molecule has 0 spiro atoms. The lowest BCUT2D eigenvalue weighted by Gasteiger charge is -2.06. The predicted molar refractivity (Wildman–Crippen MR) is 68.2 cm³/mol. The minimum Gasteiger partial charge on any atom is -0.494 e. The van der Waals surface area contributed by atoms with E-state index in [1.54, 1.807) is 6.07 Å². The summed E-state index contributed by atoms with van der Waals surface area (Å²) in [5.74, 6) is -1.61. The number of carboxylic acids is 1. The Hall–Kier alpha value is -2.14. The molecule has 4 nitrogen and oxygen atoms in total. The first-order valence-corrected chi connectivity index (χ1v) is 5.63. The fourth-order valence-electron chi connectivity index (χ4n) is 1.60. The van der Waals surface area contributed by atoms with Gasteiger partial charge in [0.15, 0.2) is 11.6 Å². The number of halogens is 2. The predicted octanol–water partition coefficient (Wildman–Crippen LogP) is 3.25. The van der Waals surface area contributed by atoms with E-state index in [4.69, 9.17) is 21.4 Å². The molecular formula is C13H9ClFNO3. The lowest BCUT2D eigenvalue weighted by molar-refractivity contribution is 0.0696. The number of carboxylic acid groups (broad SMARTS) is 1. The molecule has 0 saturated carbocycles. The molecule has 0 unspecified atom stereocenters. The molecule has 98 valence electrons. The van der Waals surface area contributed by atoms with Gasteiger partial charge in [-0.15, -0.1) is 0 Å². The van der Waals surface area contributed by atoms with Gasteiger partial charge in [-0.3, -0.25) is 0 Å². The van der Waals surface area contributed by atoms with Gasteiger partial charge in [-0.25, -0.2) is 14.2 Å². The molecule has 2 rings (SSSR count). The van der Waals surface area contributed by atoms with Crippen molar-refractivity contribution in [2.45, 2.75) is 0 Å². The molecule has 1 heterocycles. The molecule has 1 aromatic heterocycles. The lowest BCUT2D eigenvalue weighted by atomic mass is 10.1. The van der Waals surface area contributed by atoms with Crippen molar-refractivity contribution in [3.05, 3.63) is 47.0 Å². The third-order valence-corrected chi connectivity index (χ3v) is 2.86. The number of pyridine rings is 1. The normalized spacial score (nSPS) is 10.3. The summed E-state index contributed by atoms with van der Waals surface area (Å²) in [4.78, 5) is 14.7. The van der Waals surface area contributed by atoms with Crippen LogP contribution in [-0.4, -0.2) is 23.2 Å². The first-order chi connectivity index (χ1) is 9.02. The molecule has 6 heteroatoms. The lowest BCUT2D eigenvalue weighted by Crippen LogP contribution is -1.99. The van der Waals surface area contributed by atoms with Crippen LogP contribution in [0.25, 0.3) is 11.1 Å².